The van der Waals surface area contributed by atoms with Gasteiger partial charge in [-0.05, 0) is 51.9 Å². The van der Waals surface area contributed by atoms with E-state index in [-0.39, 0.29) is 13.2 Å². The Morgan fingerprint density at radius 2 is 1.47 bits per heavy atom. The number of ether oxygens (including phenoxy) is 2. The van der Waals surface area contributed by atoms with Crippen LogP contribution in [0.2, 0.25) is 0 Å². The van der Waals surface area contributed by atoms with Crippen molar-refractivity contribution in [1.82, 2.24) is 0 Å². The summed E-state index contributed by atoms with van der Waals surface area (Å²) in [4.78, 5) is 20.0. The molecule has 0 spiro atoms. The summed E-state index contributed by atoms with van der Waals surface area (Å²) >= 11 is 2.15. The molecule has 0 fully saturated rings. The minimum atomic E-state index is 0.231. The van der Waals surface area contributed by atoms with E-state index in [1.165, 1.54) is 0 Å². The summed E-state index contributed by atoms with van der Waals surface area (Å²) in [5, 5.41) is 0. The predicted octanol–water partition coefficient (Wildman–Crippen LogP) is 1.64. The van der Waals surface area contributed by atoms with E-state index >= 15 is 0 Å². The first-order chi connectivity index (χ1) is 7.26. The van der Waals surface area contributed by atoms with Gasteiger partial charge in [-0.1, -0.05) is 0 Å². The van der Waals surface area contributed by atoms with Crippen molar-refractivity contribution in [2.45, 2.75) is 13.2 Å². The van der Waals surface area contributed by atoms with Crippen LogP contribution in [0, 0.1) is 3.57 Å². The fraction of sp³-hybridized carbons (Fsp3) is 0.200. The zero-order chi connectivity index (χ0) is 11.1. The molecule has 0 heterocycles. The number of carbonyl (C=O) groups excluding carboxylic acids is 2. The third kappa shape index (κ3) is 4.28. The highest BCUT2D eigenvalue weighted by atomic mass is 127. The molecule has 0 aliphatic rings. The summed E-state index contributed by atoms with van der Waals surface area (Å²) in [6.07, 6.45) is 0. The Kier molecular flexibility index (Phi) is 5.09. The molecule has 1 aromatic rings. The van der Waals surface area contributed by atoms with Crippen molar-refractivity contribution < 1.29 is 19.1 Å². The average molecular weight is 320 g/mol. The monoisotopic (exact) mass is 320 g/mol. The van der Waals surface area contributed by atoms with Crippen molar-refractivity contribution in [3.05, 3.63) is 32.9 Å². The molecule has 0 radical (unpaired) electrons. The predicted molar refractivity (Wildman–Crippen MR) is 60.9 cm³/mol. The summed E-state index contributed by atoms with van der Waals surface area (Å²) in [5.41, 5.74) is 1.75. The lowest BCUT2D eigenvalue weighted by molar-refractivity contribution is -0.130. The first-order valence-electron chi connectivity index (χ1n) is 4.15. The molecule has 0 aliphatic heterocycles. The molecule has 0 atom stereocenters. The molecular formula is C10H9IO4. The van der Waals surface area contributed by atoms with E-state index in [0.29, 0.717) is 12.9 Å². The van der Waals surface area contributed by atoms with Gasteiger partial charge < -0.3 is 9.47 Å². The van der Waals surface area contributed by atoms with Gasteiger partial charge in [-0.2, -0.15) is 0 Å². The normalized spacial score (nSPS) is 9.40. The van der Waals surface area contributed by atoms with E-state index in [4.69, 9.17) is 0 Å². The number of hydrogen-bond donors (Lipinski definition) is 0. The van der Waals surface area contributed by atoms with Crippen LogP contribution in [-0.2, 0) is 32.3 Å². The van der Waals surface area contributed by atoms with Gasteiger partial charge in [0.1, 0.15) is 13.2 Å². The summed E-state index contributed by atoms with van der Waals surface area (Å²) in [6.45, 7) is 1.27. The quantitative estimate of drug-likeness (QED) is 0.591. The lowest BCUT2D eigenvalue weighted by atomic mass is 10.1. The second kappa shape index (κ2) is 6.39. The van der Waals surface area contributed by atoms with E-state index in [1.807, 2.05) is 18.2 Å². The molecule has 1 rings (SSSR count). The van der Waals surface area contributed by atoms with Gasteiger partial charge in [0.25, 0.3) is 12.9 Å². The van der Waals surface area contributed by atoms with Crippen LogP contribution < -0.4 is 0 Å². The van der Waals surface area contributed by atoms with Gasteiger partial charge in [0.2, 0.25) is 0 Å². The first-order valence-corrected chi connectivity index (χ1v) is 5.23. The molecule has 0 unspecified atom stereocenters. The molecule has 0 saturated heterocycles. The molecule has 0 bridgehead atoms. The lowest BCUT2D eigenvalue weighted by Gasteiger charge is -2.05. The largest absolute Gasteiger partial charge is 0.463 e. The molecule has 15 heavy (non-hydrogen) atoms. The van der Waals surface area contributed by atoms with Gasteiger partial charge in [-0.15, -0.1) is 0 Å². The van der Waals surface area contributed by atoms with Crippen LogP contribution in [0.3, 0.4) is 0 Å². The fourth-order valence-corrected chi connectivity index (χ4v) is 1.94. The SMILES string of the molecule is O=COCc1cc(I)cc(COC=O)c1. The Morgan fingerprint density at radius 3 is 1.87 bits per heavy atom. The standard InChI is InChI=1S/C10H9IO4/c11-10-2-8(4-14-6-12)1-9(3-10)5-15-7-13/h1-3,6-7H,4-5H2. The lowest BCUT2D eigenvalue weighted by Crippen LogP contribution is -1.96. The zero-order valence-corrected chi connectivity index (χ0v) is 9.97. The third-order valence-electron chi connectivity index (χ3n) is 1.65. The molecule has 4 nitrogen and oxygen atoms in total. The van der Waals surface area contributed by atoms with Gasteiger partial charge in [0.05, 0.1) is 0 Å². The van der Waals surface area contributed by atoms with Crippen LogP contribution in [0.5, 0.6) is 0 Å². The van der Waals surface area contributed by atoms with Crippen molar-refractivity contribution >= 4 is 35.5 Å². The second-order valence-electron chi connectivity index (χ2n) is 2.78. The van der Waals surface area contributed by atoms with Crippen molar-refractivity contribution in [3.63, 3.8) is 0 Å². The van der Waals surface area contributed by atoms with Crippen molar-refractivity contribution in [2.75, 3.05) is 0 Å². The first kappa shape index (κ1) is 12.0. The number of halogens is 1. The zero-order valence-electron chi connectivity index (χ0n) is 7.81. The molecule has 80 valence electrons. The van der Waals surface area contributed by atoms with E-state index in [0.717, 1.165) is 14.7 Å². The molecule has 0 N–H and O–H groups in total. The average Bonchev–Trinajstić information content (AvgIpc) is 2.23. The smallest absolute Gasteiger partial charge is 0.293 e. The number of rotatable bonds is 6. The maximum absolute atomic E-state index is 10.0. The number of hydrogen-bond acceptors (Lipinski definition) is 4. The Labute approximate surface area is 101 Å². The minimum absolute atomic E-state index is 0.231. The molecule has 0 saturated carbocycles. The summed E-state index contributed by atoms with van der Waals surface area (Å²) in [5.74, 6) is 0. The van der Waals surface area contributed by atoms with Crippen LogP contribution in [0.4, 0.5) is 0 Å². The highest BCUT2D eigenvalue weighted by Crippen LogP contribution is 2.14. The van der Waals surface area contributed by atoms with Crippen LogP contribution in [0.25, 0.3) is 0 Å². The van der Waals surface area contributed by atoms with Crippen molar-refractivity contribution in [2.24, 2.45) is 0 Å². The van der Waals surface area contributed by atoms with Crippen LogP contribution in [0.15, 0.2) is 18.2 Å². The fourth-order valence-electron chi connectivity index (χ4n) is 1.14. The van der Waals surface area contributed by atoms with Gasteiger partial charge in [0, 0.05) is 3.57 Å². The topological polar surface area (TPSA) is 52.6 Å². The van der Waals surface area contributed by atoms with Crippen LogP contribution in [0.1, 0.15) is 11.1 Å². The molecule has 1 aromatic carbocycles. The molecule has 0 amide bonds. The minimum Gasteiger partial charge on any atom is -0.463 e. The van der Waals surface area contributed by atoms with Crippen molar-refractivity contribution in [1.29, 1.82) is 0 Å². The Hall–Kier alpha value is -1.11. The van der Waals surface area contributed by atoms with E-state index in [9.17, 15) is 9.59 Å². The van der Waals surface area contributed by atoms with E-state index in [1.54, 1.807) is 0 Å². The Bertz CT molecular complexity index is 321. The molecule has 0 aromatic heterocycles. The summed E-state index contributed by atoms with van der Waals surface area (Å²) in [7, 11) is 0. The number of benzene rings is 1. The maximum Gasteiger partial charge on any atom is 0.293 e. The second-order valence-corrected chi connectivity index (χ2v) is 4.03. The van der Waals surface area contributed by atoms with Gasteiger partial charge in [-0.3, -0.25) is 9.59 Å². The Morgan fingerprint density at radius 1 is 1.00 bits per heavy atom. The Balaban J connectivity index is 2.74. The van der Waals surface area contributed by atoms with Crippen LogP contribution >= 0.6 is 22.6 Å². The van der Waals surface area contributed by atoms with E-state index < -0.39 is 0 Å². The van der Waals surface area contributed by atoms with Gasteiger partial charge >= 0.3 is 0 Å². The third-order valence-corrected chi connectivity index (χ3v) is 2.28. The molecule has 0 aliphatic carbocycles. The molecular weight excluding hydrogens is 311 g/mol. The highest BCUT2D eigenvalue weighted by molar-refractivity contribution is 14.1. The summed E-state index contributed by atoms with van der Waals surface area (Å²) < 4.78 is 10.3. The van der Waals surface area contributed by atoms with Crippen LogP contribution in [-0.4, -0.2) is 12.9 Å². The van der Waals surface area contributed by atoms with Gasteiger partial charge in [-0.25, -0.2) is 0 Å². The van der Waals surface area contributed by atoms with E-state index in [2.05, 4.69) is 32.1 Å². The highest BCUT2D eigenvalue weighted by Gasteiger charge is 2.00. The molecule has 5 heteroatoms. The summed E-state index contributed by atoms with van der Waals surface area (Å²) in [6, 6.07) is 5.62. The maximum atomic E-state index is 10.0. The number of carbonyl (C=O) groups is 2. The van der Waals surface area contributed by atoms with Gasteiger partial charge in [0.15, 0.2) is 0 Å². The van der Waals surface area contributed by atoms with Crippen molar-refractivity contribution in [3.8, 4) is 0 Å².